The van der Waals surface area contributed by atoms with Gasteiger partial charge in [-0.15, -0.1) is 0 Å². The van der Waals surface area contributed by atoms with Crippen molar-refractivity contribution in [3.63, 3.8) is 0 Å². The first kappa shape index (κ1) is 20.8. The van der Waals surface area contributed by atoms with E-state index in [0.717, 1.165) is 17.0 Å². The molecule has 2 aliphatic rings. The molecule has 2 aliphatic heterocycles. The van der Waals surface area contributed by atoms with Gasteiger partial charge in [0.15, 0.2) is 0 Å². The van der Waals surface area contributed by atoms with Crippen molar-refractivity contribution in [2.75, 3.05) is 13.6 Å². The zero-order valence-corrected chi connectivity index (χ0v) is 18.9. The van der Waals surface area contributed by atoms with Crippen LogP contribution >= 0.6 is 23.2 Å². The zero-order valence-electron chi connectivity index (χ0n) is 17.4. The highest BCUT2D eigenvalue weighted by atomic mass is 35.5. The summed E-state index contributed by atoms with van der Waals surface area (Å²) in [6.45, 7) is 2.77. The SMILES string of the molecule is CNC(=O)C1=Cc2conc2-c2c3c(nn2C1)CCN(C(=O)c1ccc(Cl)c(Cl)c1)[C@@H]3C. The van der Waals surface area contributed by atoms with Gasteiger partial charge in [-0.25, -0.2) is 0 Å². The average molecular weight is 472 g/mol. The van der Waals surface area contributed by atoms with Gasteiger partial charge in [-0.1, -0.05) is 28.4 Å². The number of nitrogens with zero attached hydrogens (tertiary/aromatic N) is 4. The monoisotopic (exact) mass is 471 g/mol. The summed E-state index contributed by atoms with van der Waals surface area (Å²) < 4.78 is 7.01. The number of carbonyl (C=O) groups excluding carboxylic acids is 2. The Bertz CT molecular complexity index is 1290. The lowest BCUT2D eigenvalue weighted by atomic mass is 9.94. The van der Waals surface area contributed by atoms with Gasteiger partial charge in [0.05, 0.1) is 34.0 Å². The molecule has 2 amide bonds. The molecule has 164 valence electrons. The molecule has 0 saturated heterocycles. The van der Waals surface area contributed by atoms with E-state index in [-0.39, 0.29) is 17.9 Å². The Labute approximate surface area is 193 Å². The lowest BCUT2D eigenvalue weighted by Gasteiger charge is -2.33. The van der Waals surface area contributed by atoms with E-state index < -0.39 is 0 Å². The fourth-order valence-corrected chi connectivity index (χ4v) is 4.68. The minimum atomic E-state index is -0.268. The Kier molecular flexibility index (Phi) is 5.06. The van der Waals surface area contributed by atoms with Crippen LogP contribution in [-0.4, -0.2) is 45.2 Å². The summed E-state index contributed by atoms with van der Waals surface area (Å²) in [5.74, 6) is -0.331. The van der Waals surface area contributed by atoms with Crippen LogP contribution in [0.2, 0.25) is 10.0 Å². The molecule has 0 unspecified atom stereocenters. The number of fused-ring (bicyclic) bond motifs is 5. The van der Waals surface area contributed by atoms with E-state index in [1.54, 1.807) is 40.9 Å². The largest absolute Gasteiger partial charge is 0.363 e. The molecule has 0 saturated carbocycles. The van der Waals surface area contributed by atoms with Crippen LogP contribution in [0.5, 0.6) is 0 Å². The maximum absolute atomic E-state index is 13.3. The molecule has 10 heteroatoms. The molecule has 1 atom stereocenters. The minimum absolute atomic E-state index is 0.139. The standard InChI is InChI=1S/C22H19Cl2N5O3/c1-11-18-17(5-6-28(11)22(31)12-3-4-15(23)16(24)8-12)26-29-9-13(21(30)25-2)7-14-10-32-27-19(14)20(18)29/h3-4,7-8,10-11H,5-6,9H2,1-2H3,(H,25,30)/t11-/m1/s1. The van der Waals surface area contributed by atoms with Gasteiger partial charge >= 0.3 is 0 Å². The lowest BCUT2D eigenvalue weighted by molar-refractivity contribution is -0.117. The van der Waals surface area contributed by atoms with Crippen molar-refractivity contribution < 1.29 is 14.1 Å². The summed E-state index contributed by atoms with van der Waals surface area (Å²) in [5.41, 5.74) is 4.88. The predicted molar refractivity (Wildman–Crippen MR) is 119 cm³/mol. The molecule has 0 radical (unpaired) electrons. The number of amides is 2. The summed E-state index contributed by atoms with van der Waals surface area (Å²) in [6.07, 6.45) is 3.86. The van der Waals surface area contributed by atoms with Crippen LogP contribution in [0, 0.1) is 0 Å². The lowest BCUT2D eigenvalue weighted by Crippen LogP contribution is -2.38. The van der Waals surface area contributed by atoms with Gasteiger partial charge < -0.3 is 14.7 Å². The van der Waals surface area contributed by atoms with E-state index in [1.165, 1.54) is 6.26 Å². The molecule has 2 aromatic heterocycles. The summed E-state index contributed by atoms with van der Waals surface area (Å²) >= 11 is 12.1. The summed E-state index contributed by atoms with van der Waals surface area (Å²) in [6, 6.07) is 4.61. The van der Waals surface area contributed by atoms with E-state index in [0.29, 0.717) is 51.9 Å². The molecule has 8 nitrogen and oxygen atoms in total. The zero-order chi connectivity index (χ0) is 22.6. The molecule has 5 rings (SSSR count). The molecular formula is C22H19Cl2N5O3. The topological polar surface area (TPSA) is 93.3 Å². The number of benzene rings is 1. The van der Waals surface area contributed by atoms with Crippen LogP contribution in [0.15, 0.2) is 34.6 Å². The van der Waals surface area contributed by atoms with E-state index in [4.69, 9.17) is 32.8 Å². The number of rotatable bonds is 2. The van der Waals surface area contributed by atoms with Crippen molar-refractivity contribution in [1.29, 1.82) is 0 Å². The first-order valence-corrected chi connectivity index (χ1v) is 10.9. The quantitative estimate of drug-likeness (QED) is 0.614. The van der Waals surface area contributed by atoms with Crippen LogP contribution in [0.25, 0.3) is 17.5 Å². The first-order valence-electron chi connectivity index (χ1n) is 10.1. The molecular weight excluding hydrogens is 453 g/mol. The smallest absolute Gasteiger partial charge is 0.254 e. The van der Waals surface area contributed by atoms with Gasteiger partial charge in [0.2, 0.25) is 5.91 Å². The van der Waals surface area contributed by atoms with E-state index in [9.17, 15) is 9.59 Å². The van der Waals surface area contributed by atoms with Crippen molar-refractivity contribution in [2.24, 2.45) is 0 Å². The van der Waals surface area contributed by atoms with E-state index in [1.807, 2.05) is 6.92 Å². The third-order valence-corrected chi connectivity index (χ3v) is 6.70. The molecule has 0 bridgehead atoms. The molecule has 1 aromatic carbocycles. The van der Waals surface area contributed by atoms with Gasteiger partial charge in [-0.3, -0.25) is 14.3 Å². The number of likely N-dealkylation sites (N-methyl/N-ethyl adjacent to an activating group) is 1. The Morgan fingerprint density at radius 3 is 2.81 bits per heavy atom. The second kappa shape index (κ2) is 7.79. The second-order valence-electron chi connectivity index (χ2n) is 7.79. The van der Waals surface area contributed by atoms with E-state index in [2.05, 4.69) is 10.5 Å². The number of hydrogen-bond donors (Lipinski definition) is 1. The number of hydrogen-bond acceptors (Lipinski definition) is 5. The van der Waals surface area contributed by atoms with Gasteiger partial charge in [-0.05, 0) is 31.2 Å². The van der Waals surface area contributed by atoms with Crippen LogP contribution in [0.3, 0.4) is 0 Å². The molecule has 32 heavy (non-hydrogen) atoms. The average Bonchev–Trinajstić information content (AvgIpc) is 3.35. The fourth-order valence-electron chi connectivity index (χ4n) is 4.38. The minimum Gasteiger partial charge on any atom is -0.363 e. The maximum atomic E-state index is 13.3. The number of aromatic nitrogens is 3. The number of halogens is 2. The van der Waals surface area contributed by atoms with Gasteiger partial charge in [0, 0.05) is 42.3 Å². The Hall–Kier alpha value is -3.10. The predicted octanol–water partition coefficient (Wildman–Crippen LogP) is 3.75. The van der Waals surface area contributed by atoms with Crippen LogP contribution in [-0.2, 0) is 17.8 Å². The summed E-state index contributed by atoms with van der Waals surface area (Å²) in [7, 11) is 1.59. The molecule has 4 heterocycles. The summed E-state index contributed by atoms with van der Waals surface area (Å²) in [5, 5.41) is 12.4. The summed E-state index contributed by atoms with van der Waals surface area (Å²) in [4.78, 5) is 27.5. The molecule has 3 aromatic rings. The van der Waals surface area contributed by atoms with Crippen LogP contribution in [0.1, 0.15) is 40.1 Å². The van der Waals surface area contributed by atoms with Crippen molar-refractivity contribution in [3.05, 3.63) is 62.5 Å². The van der Waals surface area contributed by atoms with Crippen molar-refractivity contribution in [3.8, 4) is 11.4 Å². The fraction of sp³-hybridized carbons (Fsp3) is 0.273. The molecule has 0 fully saturated rings. The van der Waals surface area contributed by atoms with Crippen LogP contribution in [0.4, 0.5) is 0 Å². The highest BCUT2D eigenvalue weighted by Gasteiger charge is 2.36. The molecule has 1 N–H and O–H groups in total. The normalized spacial score (nSPS) is 17.1. The van der Waals surface area contributed by atoms with Gasteiger partial charge in [0.25, 0.3) is 5.91 Å². The van der Waals surface area contributed by atoms with Crippen molar-refractivity contribution in [1.82, 2.24) is 25.2 Å². The third kappa shape index (κ3) is 3.22. The molecule has 0 aliphatic carbocycles. The van der Waals surface area contributed by atoms with Crippen LogP contribution < -0.4 is 5.32 Å². The van der Waals surface area contributed by atoms with E-state index >= 15 is 0 Å². The van der Waals surface area contributed by atoms with Gasteiger partial charge in [0.1, 0.15) is 12.0 Å². The second-order valence-corrected chi connectivity index (χ2v) is 8.60. The van der Waals surface area contributed by atoms with Gasteiger partial charge in [-0.2, -0.15) is 5.10 Å². The van der Waals surface area contributed by atoms with Crippen molar-refractivity contribution >= 4 is 41.1 Å². The number of carbonyl (C=O) groups is 2. The van der Waals surface area contributed by atoms with Crippen molar-refractivity contribution in [2.45, 2.75) is 25.9 Å². The Morgan fingerprint density at radius 2 is 2.06 bits per heavy atom. The third-order valence-electron chi connectivity index (χ3n) is 5.96. The Balaban J connectivity index is 1.57. The molecule has 0 spiro atoms. The Morgan fingerprint density at radius 1 is 1.25 bits per heavy atom. The first-order chi connectivity index (χ1) is 15.4. The highest BCUT2D eigenvalue weighted by Crippen LogP contribution is 2.40. The highest BCUT2D eigenvalue weighted by molar-refractivity contribution is 6.42. The maximum Gasteiger partial charge on any atom is 0.254 e. The number of nitrogens with one attached hydrogen (secondary N) is 1.